The Labute approximate surface area is 174 Å². The molecule has 0 radical (unpaired) electrons. The summed E-state index contributed by atoms with van der Waals surface area (Å²) in [5.41, 5.74) is 2.92. The molecule has 7 heteroatoms. The van der Waals surface area contributed by atoms with Gasteiger partial charge in [-0.2, -0.15) is 0 Å². The molecule has 2 aromatic carbocycles. The zero-order valence-electron chi connectivity index (χ0n) is 16.5. The number of benzene rings is 2. The fraction of sp³-hybridized carbons (Fsp3) is 0.130. The van der Waals surface area contributed by atoms with Gasteiger partial charge in [0.2, 0.25) is 5.95 Å². The highest BCUT2D eigenvalue weighted by Crippen LogP contribution is 2.21. The molecule has 4 rings (SSSR count). The van der Waals surface area contributed by atoms with Crippen molar-refractivity contribution in [2.75, 3.05) is 24.3 Å². The van der Waals surface area contributed by atoms with Crippen LogP contribution >= 0.6 is 0 Å². The quantitative estimate of drug-likeness (QED) is 0.489. The summed E-state index contributed by atoms with van der Waals surface area (Å²) in [5, 5.41) is 7.01. The minimum absolute atomic E-state index is 0.281. The van der Waals surface area contributed by atoms with Gasteiger partial charge in [-0.05, 0) is 36.2 Å². The first-order chi connectivity index (χ1) is 14.7. The number of carbonyl (C=O) groups is 1. The Morgan fingerprint density at radius 2 is 1.80 bits per heavy atom. The first kappa shape index (κ1) is 19.3. The third-order valence-electron chi connectivity index (χ3n) is 4.63. The van der Waals surface area contributed by atoms with Gasteiger partial charge >= 0.3 is 0 Å². The Kier molecular flexibility index (Phi) is 5.80. The molecule has 0 aliphatic heterocycles. The first-order valence-corrected chi connectivity index (χ1v) is 9.57. The van der Waals surface area contributed by atoms with E-state index in [4.69, 9.17) is 4.74 Å². The van der Waals surface area contributed by atoms with Crippen LogP contribution in [0, 0.1) is 0 Å². The summed E-state index contributed by atoms with van der Waals surface area (Å²) in [6.45, 7) is 0.667. The number of rotatable bonds is 7. The fourth-order valence-electron chi connectivity index (χ4n) is 3.08. The van der Waals surface area contributed by atoms with Crippen LogP contribution in [-0.4, -0.2) is 34.5 Å². The molecule has 7 nitrogen and oxygen atoms in total. The standard InChI is InChI=1S/C23H21N5O2/c1-30-19-8-2-5-16(13-19)10-12-25-23-26-14-18(15-27-23)22(29)28-20-9-3-6-17-7-4-11-24-21(17)20/h2-9,11,13-15H,10,12H2,1H3,(H,28,29)(H,25,26,27). The van der Waals surface area contributed by atoms with Crippen molar-refractivity contribution < 1.29 is 9.53 Å². The number of ether oxygens (including phenoxy) is 1. The fourth-order valence-corrected chi connectivity index (χ4v) is 3.08. The van der Waals surface area contributed by atoms with Crippen molar-refractivity contribution in [2.45, 2.75) is 6.42 Å². The van der Waals surface area contributed by atoms with E-state index in [2.05, 4.69) is 25.6 Å². The van der Waals surface area contributed by atoms with Crippen molar-refractivity contribution in [3.05, 3.63) is 84.3 Å². The van der Waals surface area contributed by atoms with Gasteiger partial charge in [0.1, 0.15) is 5.75 Å². The van der Waals surface area contributed by atoms with Crippen LogP contribution in [0.4, 0.5) is 11.6 Å². The van der Waals surface area contributed by atoms with E-state index in [1.54, 1.807) is 13.3 Å². The number of para-hydroxylation sites is 1. The van der Waals surface area contributed by atoms with Crippen molar-refractivity contribution in [1.82, 2.24) is 15.0 Å². The number of anilines is 2. The van der Waals surface area contributed by atoms with Crippen LogP contribution in [0.3, 0.4) is 0 Å². The van der Waals surface area contributed by atoms with Gasteiger partial charge < -0.3 is 15.4 Å². The number of hydrogen-bond acceptors (Lipinski definition) is 6. The van der Waals surface area contributed by atoms with Crippen LogP contribution in [0.5, 0.6) is 5.75 Å². The predicted molar refractivity (Wildman–Crippen MR) is 117 cm³/mol. The highest BCUT2D eigenvalue weighted by atomic mass is 16.5. The Morgan fingerprint density at radius 3 is 2.63 bits per heavy atom. The largest absolute Gasteiger partial charge is 0.497 e. The molecule has 0 atom stereocenters. The van der Waals surface area contributed by atoms with Gasteiger partial charge in [-0.25, -0.2) is 9.97 Å². The van der Waals surface area contributed by atoms with Gasteiger partial charge in [-0.1, -0.05) is 30.3 Å². The number of carbonyl (C=O) groups excluding carboxylic acids is 1. The summed E-state index contributed by atoms with van der Waals surface area (Å²) in [7, 11) is 1.65. The monoisotopic (exact) mass is 399 g/mol. The second kappa shape index (κ2) is 9.00. The molecule has 2 aromatic heterocycles. The maximum Gasteiger partial charge on any atom is 0.258 e. The van der Waals surface area contributed by atoms with Gasteiger partial charge in [0.25, 0.3) is 5.91 Å². The zero-order chi connectivity index (χ0) is 20.8. The average molecular weight is 399 g/mol. The molecule has 0 spiro atoms. The lowest BCUT2D eigenvalue weighted by molar-refractivity contribution is 0.102. The molecule has 0 saturated heterocycles. The summed E-state index contributed by atoms with van der Waals surface area (Å²) in [5.74, 6) is 1.03. The first-order valence-electron chi connectivity index (χ1n) is 9.57. The van der Waals surface area contributed by atoms with Gasteiger partial charge in [0.15, 0.2) is 0 Å². The third kappa shape index (κ3) is 4.52. The van der Waals surface area contributed by atoms with E-state index in [-0.39, 0.29) is 5.91 Å². The average Bonchev–Trinajstić information content (AvgIpc) is 2.80. The Hall–Kier alpha value is -4.00. The minimum Gasteiger partial charge on any atom is -0.497 e. The van der Waals surface area contributed by atoms with Crippen LogP contribution < -0.4 is 15.4 Å². The van der Waals surface area contributed by atoms with Gasteiger partial charge in [-0.15, -0.1) is 0 Å². The number of nitrogens with one attached hydrogen (secondary N) is 2. The molecule has 2 heterocycles. The lowest BCUT2D eigenvalue weighted by atomic mass is 10.1. The number of aromatic nitrogens is 3. The molecule has 150 valence electrons. The maximum absolute atomic E-state index is 12.6. The molecule has 0 aliphatic rings. The van der Waals surface area contributed by atoms with Crippen molar-refractivity contribution >= 4 is 28.4 Å². The molecule has 2 N–H and O–H groups in total. The smallest absolute Gasteiger partial charge is 0.258 e. The van der Waals surface area contributed by atoms with Crippen molar-refractivity contribution in [3.63, 3.8) is 0 Å². The minimum atomic E-state index is -0.281. The lowest BCUT2D eigenvalue weighted by Crippen LogP contribution is -2.14. The summed E-state index contributed by atoms with van der Waals surface area (Å²) in [6, 6.07) is 17.4. The summed E-state index contributed by atoms with van der Waals surface area (Å²) in [6.07, 6.45) is 5.52. The number of hydrogen-bond donors (Lipinski definition) is 2. The second-order valence-electron chi connectivity index (χ2n) is 6.66. The third-order valence-corrected chi connectivity index (χ3v) is 4.63. The SMILES string of the molecule is COc1cccc(CCNc2ncc(C(=O)Nc3cccc4cccnc34)cn2)c1. The number of amides is 1. The van der Waals surface area contributed by atoms with E-state index in [1.807, 2.05) is 54.6 Å². The zero-order valence-corrected chi connectivity index (χ0v) is 16.5. The van der Waals surface area contributed by atoms with Crippen molar-refractivity contribution in [1.29, 1.82) is 0 Å². The van der Waals surface area contributed by atoms with Crippen LogP contribution in [0.25, 0.3) is 10.9 Å². The summed E-state index contributed by atoms with van der Waals surface area (Å²) >= 11 is 0. The molecule has 0 aliphatic carbocycles. The second-order valence-corrected chi connectivity index (χ2v) is 6.66. The van der Waals surface area contributed by atoms with E-state index >= 15 is 0 Å². The Balaban J connectivity index is 1.36. The molecule has 0 fully saturated rings. The number of fused-ring (bicyclic) bond motifs is 1. The van der Waals surface area contributed by atoms with E-state index in [9.17, 15) is 4.79 Å². The molecule has 0 bridgehead atoms. The lowest BCUT2D eigenvalue weighted by Gasteiger charge is -2.09. The van der Waals surface area contributed by atoms with E-state index < -0.39 is 0 Å². The van der Waals surface area contributed by atoms with E-state index in [0.29, 0.717) is 23.7 Å². The van der Waals surface area contributed by atoms with Crippen molar-refractivity contribution in [3.8, 4) is 5.75 Å². The van der Waals surface area contributed by atoms with Crippen LogP contribution in [0.15, 0.2) is 73.2 Å². The molecular formula is C23H21N5O2. The Bertz CT molecular complexity index is 1160. The van der Waals surface area contributed by atoms with Gasteiger partial charge in [0.05, 0.1) is 23.9 Å². The molecule has 1 amide bonds. The van der Waals surface area contributed by atoms with Gasteiger partial charge in [-0.3, -0.25) is 9.78 Å². The van der Waals surface area contributed by atoms with Crippen LogP contribution in [0.2, 0.25) is 0 Å². The predicted octanol–water partition coefficient (Wildman–Crippen LogP) is 3.94. The maximum atomic E-state index is 12.6. The summed E-state index contributed by atoms with van der Waals surface area (Å²) in [4.78, 5) is 25.4. The highest BCUT2D eigenvalue weighted by Gasteiger charge is 2.10. The van der Waals surface area contributed by atoms with Gasteiger partial charge in [0, 0.05) is 30.5 Å². The molecule has 0 saturated carbocycles. The molecule has 0 unspecified atom stereocenters. The molecular weight excluding hydrogens is 378 g/mol. The van der Waals surface area contributed by atoms with Crippen LogP contribution in [0.1, 0.15) is 15.9 Å². The summed E-state index contributed by atoms with van der Waals surface area (Å²) < 4.78 is 5.23. The van der Waals surface area contributed by atoms with E-state index in [0.717, 1.165) is 28.6 Å². The van der Waals surface area contributed by atoms with Crippen molar-refractivity contribution in [2.24, 2.45) is 0 Å². The number of pyridine rings is 1. The normalized spacial score (nSPS) is 10.6. The Morgan fingerprint density at radius 1 is 1.00 bits per heavy atom. The topological polar surface area (TPSA) is 89.0 Å². The molecule has 4 aromatic rings. The molecule has 30 heavy (non-hydrogen) atoms. The number of nitrogens with zero attached hydrogens (tertiary/aromatic N) is 3. The van der Waals surface area contributed by atoms with E-state index in [1.165, 1.54) is 12.4 Å². The highest BCUT2D eigenvalue weighted by molar-refractivity contribution is 6.08. The number of methoxy groups -OCH3 is 1. The van der Waals surface area contributed by atoms with Crippen LogP contribution in [-0.2, 0) is 6.42 Å².